The summed E-state index contributed by atoms with van der Waals surface area (Å²) in [5, 5.41) is 9.00. The summed E-state index contributed by atoms with van der Waals surface area (Å²) in [4.78, 5) is 15.1. The van der Waals surface area contributed by atoms with E-state index >= 15 is 0 Å². The van der Waals surface area contributed by atoms with Crippen LogP contribution in [0.3, 0.4) is 0 Å². The molecule has 2 rings (SSSR count). The highest BCUT2D eigenvalue weighted by atomic mass is 16.4. The summed E-state index contributed by atoms with van der Waals surface area (Å²) in [6.45, 7) is 0. The topological polar surface area (TPSA) is 50.2 Å². The molecule has 0 unspecified atom stereocenters. The highest BCUT2D eigenvalue weighted by molar-refractivity contribution is 5.88. The van der Waals surface area contributed by atoms with Crippen molar-refractivity contribution in [3.63, 3.8) is 0 Å². The van der Waals surface area contributed by atoms with E-state index in [1.807, 2.05) is 30.3 Å². The van der Waals surface area contributed by atoms with E-state index in [0.29, 0.717) is 12.1 Å². The van der Waals surface area contributed by atoms with Crippen LogP contribution in [0.25, 0.3) is 0 Å². The Labute approximate surface area is 93.4 Å². The molecule has 0 aliphatic carbocycles. The van der Waals surface area contributed by atoms with Crippen LogP contribution in [0.1, 0.15) is 21.6 Å². The van der Waals surface area contributed by atoms with Crippen molar-refractivity contribution in [1.29, 1.82) is 0 Å². The molecular weight excluding hydrogens is 202 g/mol. The van der Waals surface area contributed by atoms with Crippen molar-refractivity contribution in [3.8, 4) is 0 Å². The second-order valence-corrected chi connectivity index (χ2v) is 3.47. The average Bonchev–Trinajstić information content (AvgIpc) is 2.31. The molecule has 2 aromatic rings. The number of pyridine rings is 1. The summed E-state index contributed by atoms with van der Waals surface area (Å²) in [5.41, 5.74) is 1.93. The summed E-state index contributed by atoms with van der Waals surface area (Å²) in [6, 6.07) is 12.9. The van der Waals surface area contributed by atoms with Crippen molar-refractivity contribution in [1.82, 2.24) is 4.98 Å². The number of hydrogen-bond donors (Lipinski definition) is 1. The van der Waals surface area contributed by atoms with Gasteiger partial charge in [0.1, 0.15) is 0 Å². The van der Waals surface area contributed by atoms with E-state index < -0.39 is 5.97 Å². The molecule has 0 saturated carbocycles. The van der Waals surface area contributed by atoms with Crippen LogP contribution in [0.4, 0.5) is 0 Å². The fraction of sp³-hybridized carbons (Fsp3) is 0.0769. The number of hydrogen-bond acceptors (Lipinski definition) is 2. The molecule has 0 amide bonds. The average molecular weight is 213 g/mol. The number of rotatable bonds is 3. The van der Waals surface area contributed by atoms with E-state index in [4.69, 9.17) is 5.11 Å². The lowest BCUT2D eigenvalue weighted by atomic mass is 10.1. The van der Waals surface area contributed by atoms with Crippen molar-refractivity contribution in [3.05, 3.63) is 65.5 Å². The highest BCUT2D eigenvalue weighted by Crippen LogP contribution is 2.11. The first-order chi connectivity index (χ1) is 7.77. The zero-order valence-electron chi connectivity index (χ0n) is 8.63. The molecule has 1 aromatic carbocycles. The van der Waals surface area contributed by atoms with Crippen LogP contribution in [0.5, 0.6) is 0 Å². The van der Waals surface area contributed by atoms with Gasteiger partial charge in [-0.3, -0.25) is 4.98 Å². The molecule has 0 fully saturated rings. The molecule has 3 nitrogen and oxygen atoms in total. The predicted octanol–water partition coefficient (Wildman–Crippen LogP) is 2.37. The molecule has 0 bridgehead atoms. The predicted molar refractivity (Wildman–Crippen MR) is 60.4 cm³/mol. The monoisotopic (exact) mass is 213 g/mol. The SMILES string of the molecule is O=C(O)c1cccnc1Cc1ccccc1. The molecule has 0 spiro atoms. The van der Waals surface area contributed by atoms with Crippen molar-refractivity contribution in [2.24, 2.45) is 0 Å². The molecule has 0 atom stereocenters. The Balaban J connectivity index is 2.31. The number of benzene rings is 1. The lowest BCUT2D eigenvalue weighted by Gasteiger charge is -2.04. The summed E-state index contributed by atoms with van der Waals surface area (Å²) < 4.78 is 0. The maximum Gasteiger partial charge on any atom is 0.337 e. The van der Waals surface area contributed by atoms with Gasteiger partial charge in [-0.25, -0.2) is 4.79 Å². The molecule has 1 N–H and O–H groups in total. The Bertz CT molecular complexity index is 494. The van der Waals surface area contributed by atoms with Gasteiger partial charge >= 0.3 is 5.97 Å². The Morgan fingerprint density at radius 1 is 1.12 bits per heavy atom. The molecule has 0 aliphatic heterocycles. The normalized spacial score (nSPS) is 10.0. The van der Waals surface area contributed by atoms with Crippen molar-refractivity contribution in [2.45, 2.75) is 6.42 Å². The van der Waals surface area contributed by atoms with E-state index in [9.17, 15) is 4.79 Å². The van der Waals surface area contributed by atoms with E-state index in [0.717, 1.165) is 5.56 Å². The van der Waals surface area contributed by atoms with Crippen molar-refractivity contribution < 1.29 is 9.90 Å². The fourth-order valence-corrected chi connectivity index (χ4v) is 1.56. The first-order valence-electron chi connectivity index (χ1n) is 4.98. The van der Waals surface area contributed by atoms with E-state index in [-0.39, 0.29) is 5.56 Å². The Morgan fingerprint density at radius 2 is 1.88 bits per heavy atom. The first kappa shape index (κ1) is 10.4. The van der Waals surface area contributed by atoms with Gasteiger partial charge in [-0.1, -0.05) is 30.3 Å². The van der Waals surface area contributed by atoms with Crippen LogP contribution in [-0.2, 0) is 6.42 Å². The summed E-state index contributed by atoms with van der Waals surface area (Å²) in [6.07, 6.45) is 2.16. The standard InChI is InChI=1S/C13H11NO2/c15-13(16)11-7-4-8-14-12(11)9-10-5-2-1-3-6-10/h1-8H,9H2,(H,15,16). The maximum atomic E-state index is 11.0. The smallest absolute Gasteiger partial charge is 0.337 e. The van der Waals surface area contributed by atoms with Crippen LogP contribution < -0.4 is 0 Å². The number of carboxylic acids is 1. The molecule has 3 heteroatoms. The molecule has 1 heterocycles. The van der Waals surface area contributed by atoms with Gasteiger partial charge in [-0.05, 0) is 17.7 Å². The molecule has 1 aromatic heterocycles. The first-order valence-corrected chi connectivity index (χ1v) is 4.98. The van der Waals surface area contributed by atoms with Crippen molar-refractivity contribution >= 4 is 5.97 Å². The molecule has 0 aliphatic rings. The lowest BCUT2D eigenvalue weighted by Crippen LogP contribution is -2.04. The Kier molecular flexibility index (Phi) is 2.96. The summed E-state index contributed by atoms with van der Waals surface area (Å²) in [5.74, 6) is -0.931. The van der Waals surface area contributed by atoms with Gasteiger partial charge in [0.25, 0.3) is 0 Å². The van der Waals surface area contributed by atoms with Gasteiger partial charge < -0.3 is 5.11 Å². The quantitative estimate of drug-likeness (QED) is 0.851. The van der Waals surface area contributed by atoms with E-state index in [1.54, 1.807) is 18.3 Å². The van der Waals surface area contributed by atoms with Gasteiger partial charge in [0, 0.05) is 12.6 Å². The molecular formula is C13H11NO2. The van der Waals surface area contributed by atoms with Crippen LogP contribution in [0.15, 0.2) is 48.7 Å². The minimum Gasteiger partial charge on any atom is -0.478 e. The third-order valence-electron chi connectivity index (χ3n) is 2.34. The van der Waals surface area contributed by atoms with Gasteiger partial charge in [-0.2, -0.15) is 0 Å². The minimum atomic E-state index is -0.931. The van der Waals surface area contributed by atoms with Gasteiger partial charge in [0.15, 0.2) is 0 Å². The van der Waals surface area contributed by atoms with Crippen LogP contribution >= 0.6 is 0 Å². The third kappa shape index (κ3) is 2.25. The molecule has 0 saturated heterocycles. The zero-order valence-corrected chi connectivity index (χ0v) is 8.63. The summed E-state index contributed by atoms with van der Waals surface area (Å²) >= 11 is 0. The van der Waals surface area contributed by atoms with Gasteiger partial charge in [0.2, 0.25) is 0 Å². The number of aromatic nitrogens is 1. The van der Waals surface area contributed by atoms with Crippen LogP contribution in [0, 0.1) is 0 Å². The fourth-order valence-electron chi connectivity index (χ4n) is 1.56. The van der Waals surface area contributed by atoms with Gasteiger partial charge in [-0.15, -0.1) is 0 Å². The van der Waals surface area contributed by atoms with E-state index in [1.165, 1.54) is 0 Å². The molecule has 80 valence electrons. The Morgan fingerprint density at radius 3 is 2.56 bits per heavy atom. The number of carbonyl (C=O) groups is 1. The number of carboxylic acid groups (broad SMARTS) is 1. The lowest BCUT2D eigenvalue weighted by molar-refractivity contribution is 0.0695. The van der Waals surface area contributed by atoms with Crippen LogP contribution in [0.2, 0.25) is 0 Å². The van der Waals surface area contributed by atoms with Crippen LogP contribution in [-0.4, -0.2) is 16.1 Å². The van der Waals surface area contributed by atoms with Gasteiger partial charge in [0.05, 0.1) is 11.3 Å². The molecule has 0 radical (unpaired) electrons. The third-order valence-corrected chi connectivity index (χ3v) is 2.34. The second-order valence-electron chi connectivity index (χ2n) is 3.47. The highest BCUT2D eigenvalue weighted by Gasteiger charge is 2.10. The molecule has 16 heavy (non-hydrogen) atoms. The van der Waals surface area contributed by atoms with Crippen molar-refractivity contribution in [2.75, 3.05) is 0 Å². The second kappa shape index (κ2) is 4.57. The minimum absolute atomic E-state index is 0.270. The summed E-state index contributed by atoms with van der Waals surface area (Å²) in [7, 11) is 0. The largest absolute Gasteiger partial charge is 0.478 e. The number of nitrogens with zero attached hydrogens (tertiary/aromatic N) is 1. The Hall–Kier alpha value is -2.16. The van der Waals surface area contributed by atoms with E-state index in [2.05, 4.69) is 4.98 Å². The zero-order chi connectivity index (χ0) is 11.4. The maximum absolute atomic E-state index is 11.0. The number of aromatic carboxylic acids is 1.